The van der Waals surface area contributed by atoms with Gasteiger partial charge in [-0.05, 0) is 49.2 Å². The normalized spacial score (nSPS) is 15.0. The Labute approximate surface area is 197 Å². The predicted molar refractivity (Wildman–Crippen MR) is 128 cm³/mol. The average molecular weight is 464 g/mol. The summed E-state index contributed by atoms with van der Waals surface area (Å²) in [5.74, 6) is 1.35. The van der Waals surface area contributed by atoms with E-state index < -0.39 is 0 Å². The third-order valence-electron chi connectivity index (χ3n) is 6.32. The number of fused-ring (bicyclic) bond motifs is 3. The summed E-state index contributed by atoms with van der Waals surface area (Å²) in [7, 11) is 1.64. The maximum absolute atomic E-state index is 5.46. The van der Waals surface area contributed by atoms with Crippen LogP contribution in [0.15, 0.2) is 35.7 Å². The highest BCUT2D eigenvalue weighted by molar-refractivity contribution is 5.93. The molecule has 1 aromatic carbocycles. The highest BCUT2D eigenvalue weighted by Gasteiger charge is 2.19. The zero-order chi connectivity index (χ0) is 23.5. The molecule has 10 heteroatoms. The van der Waals surface area contributed by atoms with Gasteiger partial charge in [-0.25, -0.2) is 14.5 Å². The summed E-state index contributed by atoms with van der Waals surface area (Å²) in [6.45, 7) is 9.84. The second-order valence-electron chi connectivity index (χ2n) is 8.34. The molecule has 1 aliphatic heterocycles. The van der Waals surface area contributed by atoms with Gasteiger partial charge in [-0.3, -0.25) is 4.90 Å². The molecule has 0 atom stereocenters. The Morgan fingerprint density at radius 3 is 2.65 bits per heavy atom. The third-order valence-corrected chi connectivity index (χ3v) is 6.32. The van der Waals surface area contributed by atoms with Gasteiger partial charge in [0.2, 0.25) is 0 Å². The number of aryl methyl sites for hydroxylation is 1. The summed E-state index contributed by atoms with van der Waals surface area (Å²) in [5, 5.41) is 9.60. The van der Waals surface area contributed by atoms with Crippen molar-refractivity contribution in [2.24, 2.45) is 5.16 Å². The van der Waals surface area contributed by atoms with Gasteiger partial charge in [-0.1, -0.05) is 5.16 Å². The van der Waals surface area contributed by atoms with Crippen LogP contribution < -0.4 is 4.74 Å². The number of rotatable bonds is 8. The van der Waals surface area contributed by atoms with E-state index in [1.165, 1.54) is 11.3 Å². The zero-order valence-electron chi connectivity index (χ0n) is 19.8. The van der Waals surface area contributed by atoms with Crippen LogP contribution in [0.5, 0.6) is 5.75 Å². The fourth-order valence-electron chi connectivity index (χ4n) is 4.26. The lowest BCUT2D eigenvalue weighted by Gasteiger charge is -2.26. The quantitative estimate of drug-likeness (QED) is 0.293. The standard InChI is InChI=1S/C24H29N7O3/c1-17-18(2)30(9-8-29-10-12-33-13-11-29)23-22(17)24-27-21(28-31(24)16-25-23)15-34-26-14-19-4-6-20(32-3)7-5-19/h4-7,14,16H,8-13,15H2,1-3H3/b26-14-. The Bertz CT molecular complexity index is 1300. The lowest BCUT2D eigenvalue weighted by molar-refractivity contribution is 0.0364. The average Bonchev–Trinajstić information content (AvgIpc) is 3.39. The number of oxime groups is 1. The van der Waals surface area contributed by atoms with Crippen LogP contribution in [0.3, 0.4) is 0 Å². The molecular formula is C24H29N7O3. The van der Waals surface area contributed by atoms with Crippen LogP contribution in [0.25, 0.3) is 16.7 Å². The Kier molecular flexibility index (Phi) is 6.41. The summed E-state index contributed by atoms with van der Waals surface area (Å²) in [6, 6.07) is 7.57. The Morgan fingerprint density at radius 2 is 1.88 bits per heavy atom. The molecule has 1 aliphatic rings. The Morgan fingerprint density at radius 1 is 1.09 bits per heavy atom. The molecule has 1 saturated heterocycles. The molecule has 5 rings (SSSR count). The first-order valence-corrected chi connectivity index (χ1v) is 11.4. The molecule has 0 bridgehead atoms. The van der Waals surface area contributed by atoms with Gasteiger partial charge < -0.3 is 18.9 Å². The van der Waals surface area contributed by atoms with Crippen molar-refractivity contribution in [2.75, 3.05) is 40.0 Å². The minimum Gasteiger partial charge on any atom is -0.497 e. The smallest absolute Gasteiger partial charge is 0.192 e. The van der Waals surface area contributed by atoms with Crippen molar-refractivity contribution in [3.8, 4) is 5.75 Å². The van der Waals surface area contributed by atoms with Gasteiger partial charge in [-0.15, -0.1) is 5.10 Å². The predicted octanol–water partition coefficient (Wildman–Crippen LogP) is 2.59. The van der Waals surface area contributed by atoms with Crippen LogP contribution in [-0.4, -0.2) is 75.2 Å². The molecule has 0 saturated carbocycles. The second kappa shape index (κ2) is 9.78. The molecule has 0 aliphatic carbocycles. The Hall–Kier alpha value is -3.50. The number of nitrogens with zero attached hydrogens (tertiary/aromatic N) is 7. The van der Waals surface area contributed by atoms with Crippen LogP contribution in [0, 0.1) is 13.8 Å². The summed E-state index contributed by atoms with van der Waals surface area (Å²) in [5.41, 5.74) is 5.02. The van der Waals surface area contributed by atoms with Crippen molar-refractivity contribution < 1.29 is 14.3 Å². The molecule has 0 spiro atoms. The van der Waals surface area contributed by atoms with E-state index >= 15 is 0 Å². The van der Waals surface area contributed by atoms with Gasteiger partial charge in [0.05, 0.1) is 31.9 Å². The largest absolute Gasteiger partial charge is 0.497 e. The SMILES string of the molecule is COc1ccc(/C=N\OCc2nc3c4c(C)c(C)n(CCN5CCOCC5)c4ncn3n2)cc1. The van der Waals surface area contributed by atoms with Crippen LogP contribution in [0.2, 0.25) is 0 Å². The molecule has 1 fully saturated rings. The fraction of sp³-hybridized carbons (Fsp3) is 0.417. The summed E-state index contributed by atoms with van der Waals surface area (Å²) in [4.78, 5) is 17.3. The zero-order valence-corrected chi connectivity index (χ0v) is 19.8. The molecule has 3 aromatic heterocycles. The molecule has 178 valence electrons. The molecule has 4 heterocycles. The van der Waals surface area contributed by atoms with Crippen molar-refractivity contribution in [3.63, 3.8) is 0 Å². The molecule has 0 radical (unpaired) electrons. The van der Waals surface area contributed by atoms with Gasteiger partial charge >= 0.3 is 0 Å². The number of aromatic nitrogens is 5. The summed E-state index contributed by atoms with van der Waals surface area (Å²) < 4.78 is 14.6. The molecule has 4 aromatic rings. The van der Waals surface area contributed by atoms with E-state index in [0.29, 0.717) is 5.82 Å². The first-order valence-electron chi connectivity index (χ1n) is 11.4. The van der Waals surface area contributed by atoms with Crippen molar-refractivity contribution in [1.29, 1.82) is 0 Å². The molecular weight excluding hydrogens is 434 g/mol. The highest BCUT2D eigenvalue weighted by atomic mass is 16.6. The van der Waals surface area contributed by atoms with E-state index in [4.69, 9.17) is 24.3 Å². The van der Waals surface area contributed by atoms with Crippen molar-refractivity contribution in [3.05, 3.63) is 53.2 Å². The number of ether oxygens (including phenoxy) is 2. The van der Waals surface area contributed by atoms with Crippen LogP contribution in [0.1, 0.15) is 22.6 Å². The fourth-order valence-corrected chi connectivity index (χ4v) is 4.26. The van der Waals surface area contributed by atoms with E-state index in [1.54, 1.807) is 24.2 Å². The topological polar surface area (TPSA) is 91.3 Å². The summed E-state index contributed by atoms with van der Waals surface area (Å²) in [6.07, 6.45) is 3.37. The van der Waals surface area contributed by atoms with Crippen molar-refractivity contribution in [1.82, 2.24) is 29.0 Å². The first-order chi connectivity index (χ1) is 16.6. The van der Waals surface area contributed by atoms with Gasteiger partial charge in [0, 0.05) is 31.9 Å². The number of hydrogen-bond acceptors (Lipinski definition) is 8. The minimum absolute atomic E-state index is 0.172. The maximum Gasteiger partial charge on any atom is 0.192 e. The van der Waals surface area contributed by atoms with Crippen LogP contribution in [0.4, 0.5) is 0 Å². The van der Waals surface area contributed by atoms with Gasteiger partial charge in [0.15, 0.2) is 18.1 Å². The Balaban J connectivity index is 1.32. The van der Waals surface area contributed by atoms with Gasteiger partial charge in [0.25, 0.3) is 0 Å². The molecule has 34 heavy (non-hydrogen) atoms. The lowest BCUT2D eigenvalue weighted by Crippen LogP contribution is -2.38. The highest BCUT2D eigenvalue weighted by Crippen LogP contribution is 2.27. The van der Waals surface area contributed by atoms with Crippen molar-refractivity contribution >= 4 is 22.9 Å². The van der Waals surface area contributed by atoms with E-state index in [-0.39, 0.29) is 6.61 Å². The van der Waals surface area contributed by atoms with E-state index in [1.807, 2.05) is 24.3 Å². The molecule has 0 unspecified atom stereocenters. The molecule has 10 nitrogen and oxygen atoms in total. The number of hydrogen-bond donors (Lipinski definition) is 0. The number of benzene rings is 1. The number of morpholine rings is 1. The minimum atomic E-state index is 0.172. The second-order valence-corrected chi connectivity index (χ2v) is 8.34. The van der Waals surface area contributed by atoms with Crippen LogP contribution in [-0.2, 0) is 22.7 Å². The maximum atomic E-state index is 5.46. The van der Waals surface area contributed by atoms with Gasteiger partial charge in [0.1, 0.15) is 17.7 Å². The monoisotopic (exact) mass is 463 g/mol. The van der Waals surface area contributed by atoms with E-state index in [9.17, 15) is 0 Å². The van der Waals surface area contributed by atoms with E-state index in [2.05, 4.69) is 33.6 Å². The van der Waals surface area contributed by atoms with Crippen LogP contribution >= 0.6 is 0 Å². The third kappa shape index (κ3) is 4.46. The number of methoxy groups -OCH3 is 1. The lowest BCUT2D eigenvalue weighted by atomic mass is 10.2. The first kappa shape index (κ1) is 22.3. The van der Waals surface area contributed by atoms with Crippen molar-refractivity contribution in [2.45, 2.75) is 27.0 Å². The molecule has 0 amide bonds. The van der Waals surface area contributed by atoms with E-state index in [0.717, 1.165) is 67.4 Å². The van der Waals surface area contributed by atoms with Gasteiger partial charge in [-0.2, -0.15) is 0 Å². The summed E-state index contributed by atoms with van der Waals surface area (Å²) >= 11 is 0. The molecule has 0 N–H and O–H groups in total.